The number of carbonyl (C=O) groups excluding carboxylic acids is 3. The number of rotatable bonds is 3. The first-order valence-electron chi connectivity index (χ1n) is 8.26. The molecule has 136 valence electrons. The fourth-order valence-electron chi connectivity index (χ4n) is 2.49. The molecular weight excluding hydrogens is 330 g/mol. The van der Waals surface area contributed by atoms with Crippen molar-refractivity contribution in [1.29, 1.82) is 0 Å². The molecule has 6 nitrogen and oxygen atoms in total. The molecule has 0 atom stereocenters. The predicted molar refractivity (Wildman–Crippen MR) is 103 cm³/mol. The van der Waals surface area contributed by atoms with Crippen molar-refractivity contribution < 1.29 is 14.4 Å². The number of anilines is 3. The van der Waals surface area contributed by atoms with Gasteiger partial charge >= 0.3 is 11.8 Å². The van der Waals surface area contributed by atoms with E-state index in [9.17, 15) is 14.4 Å². The zero-order valence-electron chi connectivity index (χ0n) is 15.3. The van der Waals surface area contributed by atoms with Gasteiger partial charge in [-0.05, 0) is 35.2 Å². The highest BCUT2D eigenvalue weighted by Crippen LogP contribution is 2.29. The highest BCUT2D eigenvalue weighted by molar-refractivity contribution is 6.43. The zero-order valence-corrected chi connectivity index (χ0v) is 15.3. The molecule has 0 unspecified atom stereocenters. The van der Waals surface area contributed by atoms with Gasteiger partial charge in [0.1, 0.15) is 0 Å². The van der Waals surface area contributed by atoms with E-state index in [1.807, 2.05) is 32.9 Å². The van der Waals surface area contributed by atoms with E-state index in [0.29, 0.717) is 17.1 Å². The van der Waals surface area contributed by atoms with Gasteiger partial charge in [-0.1, -0.05) is 45.0 Å². The largest absolute Gasteiger partial charge is 0.326 e. The van der Waals surface area contributed by atoms with Crippen molar-refractivity contribution in [2.45, 2.75) is 33.1 Å². The molecule has 0 saturated carbocycles. The fraction of sp³-hybridized carbons (Fsp3) is 0.250. The van der Waals surface area contributed by atoms with Crippen LogP contribution in [0.3, 0.4) is 0 Å². The molecule has 0 bridgehead atoms. The third-order valence-corrected chi connectivity index (χ3v) is 3.63. The molecule has 2 rings (SSSR count). The lowest BCUT2D eigenvalue weighted by molar-refractivity contribution is -0.133. The summed E-state index contributed by atoms with van der Waals surface area (Å²) < 4.78 is 0. The van der Waals surface area contributed by atoms with Crippen LogP contribution in [0.5, 0.6) is 0 Å². The molecule has 0 aliphatic carbocycles. The number of nitrogens with one attached hydrogen (secondary N) is 3. The van der Waals surface area contributed by atoms with Gasteiger partial charge in [-0.2, -0.15) is 0 Å². The maximum Gasteiger partial charge on any atom is 0.314 e. The summed E-state index contributed by atoms with van der Waals surface area (Å²) in [6.07, 6.45) is 0. The Morgan fingerprint density at radius 1 is 0.769 bits per heavy atom. The van der Waals surface area contributed by atoms with Crippen molar-refractivity contribution in [2.75, 3.05) is 16.0 Å². The van der Waals surface area contributed by atoms with Crippen LogP contribution in [-0.2, 0) is 19.8 Å². The van der Waals surface area contributed by atoms with Gasteiger partial charge in [0, 0.05) is 24.0 Å². The minimum Gasteiger partial charge on any atom is -0.326 e. The number of amides is 3. The topological polar surface area (TPSA) is 87.3 Å². The lowest BCUT2D eigenvalue weighted by Gasteiger charge is -2.22. The summed E-state index contributed by atoms with van der Waals surface area (Å²) >= 11 is 0. The molecule has 0 aliphatic rings. The fourth-order valence-corrected chi connectivity index (χ4v) is 2.49. The van der Waals surface area contributed by atoms with Gasteiger partial charge in [-0.3, -0.25) is 14.4 Å². The lowest BCUT2D eigenvalue weighted by Crippen LogP contribution is -2.30. The number of para-hydroxylation sites is 1. The molecule has 3 amide bonds. The van der Waals surface area contributed by atoms with E-state index >= 15 is 0 Å². The third kappa shape index (κ3) is 5.17. The standard InChI is InChI=1S/C20H23N3O3/c1-13(24)21-14-8-7-9-15(12-14)22-18(25)19(26)23-17-11-6-5-10-16(17)20(2,3)4/h5-12H,1-4H3,(H,21,24)(H,22,25)(H,23,26). The van der Waals surface area contributed by atoms with Crippen LogP contribution in [-0.4, -0.2) is 17.7 Å². The van der Waals surface area contributed by atoms with E-state index in [-0.39, 0.29) is 11.3 Å². The van der Waals surface area contributed by atoms with Crippen LogP contribution in [0.4, 0.5) is 17.1 Å². The Balaban J connectivity index is 2.10. The normalized spacial score (nSPS) is 10.8. The van der Waals surface area contributed by atoms with Crippen LogP contribution in [0.15, 0.2) is 48.5 Å². The van der Waals surface area contributed by atoms with Gasteiger partial charge in [-0.25, -0.2) is 0 Å². The maximum atomic E-state index is 12.3. The van der Waals surface area contributed by atoms with E-state index in [2.05, 4.69) is 16.0 Å². The molecule has 26 heavy (non-hydrogen) atoms. The summed E-state index contributed by atoms with van der Waals surface area (Å²) in [6, 6.07) is 14.0. The Bertz CT molecular complexity index is 838. The summed E-state index contributed by atoms with van der Waals surface area (Å²) in [7, 11) is 0. The second-order valence-electron chi connectivity index (χ2n) is 6.97. The Morgan fingerprint density at radius 2 is 1.35 bits per heavy atom. The Labute approximate surface area is 153 Å². The number of benzene rings is 2. The van der Waals surface area contributed by atoms with Crippen LogP contribution < -0.4 is 16.0 Å². The quantitative estimate of drug-likeness (QED) is 0.738. The molecule has 2 aromatic carbocycles. The SMILES string of the molecule is CC(=O)Nc1cccc(NC(=O)C(=O)Nc2ccccc2C(C)(C)C)c1. The molecule has 3 N–H and O–H groups in total. The molecule has 0 fully saturated rings. The second kappa shape index (κ2) is 7.82. The molecule has 0 radical (unpaired) electrons. The molecule has 0 saturated heterocycles. The van der Waals surface area contributed by atoms with Gasteiger partial charge in [0.2, 0.25) is 5.91 Å². The van der Waals surface area contributed by atoms with Gasteiger partial charge in [0.25, 0.3) is 0 Å². The molecule has 0 aliphatic heterocycles. The first-order valence-corrected chi connectivity index (χ1v) is 8.26. The average molecular weight is 353 g/mol. The summed E-state index contributed by atoms with van der Waals surface area (Å²) in [4.78, 5) is 35.6. The van der Waals surface area contributed by atoms with Crippen LogP contribution >= 0.6 is 0 Å². The smallest absolute Gasteiger partial charge is 0.314 e. The van der Waals surface area contributed by atoms with Crippen LogP contribution in [0.2, 0.25) is 0 Å². The third-order valence-electron chi connectivity index (χ3n) is 3.63. The molecular formula is C20H23N3O3. The monoisotopic (exact) mass is 353 g/mol. The summed E-state index contributed by atoms with van der Waals surface area (Å²) in [6.45, 7) is 7.49. The van der Waals surface area contributed by atoms with Crippen molar-refractivity contribution in [2.24, 2.45) is 0 Å². The van der Waals surface area contributed by atoms with Crippen LogP contribution in [0.1, 0.15) is 33.3 Å². The summed E-state index contributed by atoms with van der Waals surface area (Å²) in [5.41, 5.74) is 2.32. The van der Waals surface area contributed by atoms with Crippen LogP contribution in [0.25, 0.3) is 0 Å². The molecule has 2 aromatic rings. The van der Waals surface area contributed by atoms with Crippen molar-refractivity contribution in [3.63, 3.8) is 0 Å². The average Bonchev–Trinajstić information content (AvgIpc) is 2.54. The summed E-state index contributed by atoms with van der Waals surface area (Å²) in [5, 5.41) is 7.82. The lowest BCUT2D eigenvalue weighted by atomic mass is 9.86. The van der Waals surface area contributed by atoms with E-state index in [1.165, 1.54) is 6.92 Å². The van der Waals surface area contributed by atoms with Crippen LogP contribution in [0, 0.1) is 0 Å². The highest BCUT2D eigenvalue weighted by atomic mass is 16.2. The zero-order chi connectivity index (χ0) is 19.3. The van der Waals surface area contributed by atoms with Gasteiger partial charge in [0.15, 0.2) is 0 Å². The van der Waals surface area contributed by atoms with Gasteiger partial charge in [0.05, 0.1) is 0 Å². The van der Waals surface area contributed by atoms with E-state index in [0.717, 1.165) is 5.56 Å². The summed E-state index contributed by atoms with van der Waals surface area (Å²) in [5.74, 6) is -1.76. The van der Waals surface area contributed by atoms with Crippen molar-refractivity contribution in [3.05, 3.63) is 54.1 Å². The van der Waals surface area contributed by atoms with E-state index in [1.54, 1.807) is 36.4 Å². The Kier molecular flexibility index (Phi) is 5.77. The maximum absolute atomic E-state index is 12.3. The number of carbonyl (C=O) groups is 3. The van der Waals surface area contributed by atoms with Gasteiger partial charge in [-0.15, -0.1) is 0 Å². The minimum atomic E-state index is -0.784. The van der Waals surface area contributed by atoms with Crippen molar-refractivity contribution in [3.8, 4) is 0 Å². The Hall–Kier alpha value is -3.15. The minimum absolute atomic E-state index is 0.174. The molecule has 0 aromatic heterocycles. The first kappa shape index (κ1) is 19.2. The Morgan fingerprint density at radius 3 is 1.96 bits per heavy atom. The number of hydrogen-bond acceptors (Lipinski definition) is 3. The van der Waals surface area contributed by atoms with E-state index < -0.39 is 11.8 Å². The molecule has 0 spiro atoms. The molecule has 0 heterocycles. The van der Waals surface area contributed by atoms with Crippen molar-refractivity contribution >= 4 is 34.8 Å². The van der Waals surface area contributed by atoms with Gasteiger partial charge < -0.3 is 16.0 Å². The predicted octanol–water partition coefficient (Wildman–Crippen LogP) is 3.52. The second-order valence-corrected chi connectivity index (χ2v) is 6.97. The first-order chi connectivity index (χ1) is 12.2. The highest BCUT2D eigenvalue weighted by Gasteiger charge is 2.21. The van der Waals surface area contributed by atoms with E-state index in [4.69, 9.17) is 0 Å². The number of hydrogen-bond donors (Lipinski definition) is 3. The van der Waals surface area contributed by atoms with Crippen molar-refractivity contribution in [1.82, 2.24) is 0 Å². The molecule has 6 heteroatoms.